The molecule has 3 atom stereocenters. The van der Waals surface area contributed by atoms with Gasteiger partial charge in [-0.3, -0.25) is 9.59 Å². The normalized spacial score (nSPS) is 24.0. The van der Waals surface area contributed by atoms with Crippen molar-refractivity contribution in [3.63, 3.8) is 0 Å². The highest BCUT2D eigenvalue weighted by molar-refractivity contribution is 5.75. The van der Waals surface area contributed by atoms with Crippen LogP contribution in [0.15, 0.2) is 41.2 Å². The summed E-state index contributed by atoms with van der Waals surface area (Å²) in [5, 5.41) is 0. The molecule has 0 saturated carbocycles. The monoisotopic (exact) mass is 353 g/mol. The molecule has 26 heavy (non-hydrogen) atoms. The highest BCUT2D eigenvalue weighted by Gasteiger charge is 2.37. The number of fused-ring (bicyclic) bond motifs is 4. The van der Waals surface area contributed by atoms with Crippen LogP contribution in [0, 0.1) is 5.92 Å². The lowest BCUT2D eigenvalue weighted by atomic mass is 9.83. The van der Waals surface area contributed by atoms with E-state index in [4.69, 9.17) is 4.74 Å². The first-order valence-electron chi connectivity index (χ1n) is 9.42. The van der Waals surface area contributed by atoms with Crippen LogP contribution in [-0.2, 0) is 13.1 Å². The first-order chi connectivity index (χ1) is 12.7. The average molecular weight is 353 g/mol. The lowest BCUT2D eigenvalue weighted by Gasteiger charge is -2.40. The number of hydrogen-bond donors (Lipinski definition) is 1. The summed E-state index contributed by atoms with van der Waals surface area (Å²) in [6, 6.07) is 11.3. The van der Waals surface area contributed by atoms with Crippen molar-refractivity contribution in [3.05, 3.63) is 63.6 Å². The minimum Gasteiger partial charge on any atom is -0.493 e. The van der Waals surface area contributed by atoms with Crippen LogP contribution in [-0.4, -0.2) is 30.5 Å². The van der Waals surface area contributed by atoms with Crippen molar-refractivity contribution >= 4 is 6.29 Å². The van der Waals surface area contributed by atoms with E-state index in [-0.39, 0.29) is 5.56 Å². The van der Waals surface area contributed by atoms with Crippen LogP contribution in [0.4, 0.5) is 0 Å². The van der Waals surface area contributed by atoms with E-state index < -0.39 is 0 Å². The van der Waals surface area contributed by atoms with Gasteiger partial charge >= 0.3 is 0 Å². The summed E-state index contributed by atoms with van der Waals surface area (Å²) >= 11 is 0. The average Bonchev–Trinajstić information content (AvgIpc) is 2.64. The van der Waals surface area contributed by atoms with Crippen LogP contribution in [0.1, 0.15) is 40.9 Å². The Morgan fingerprint density at radius 3 is 2.96 bits per heavy atom. The summed E-state index contributed by atoms with van der Waals surface area (Å²) in [6.07, 6.45) is 2.06. The Morgan fingerprint density at radius 2 is 2.15 bits per heavy atom. The van der Waals surface area contributed by atoms with Gasteiger partial charge in [0.15, 0.2) is 0 Å². The van der Waals surface area contributed by atoms with Gasteiger partial charge in [0.2, 0.25) is 0 Å². The second-order valence-electron chi connectivity index (χ2n) is 7.45. The van der Waals surface area contributed by atoms with E-state index in [0.717, 1.165) is 43.8 Å². The molecule has 0 amide bonds. The predicted molar refractivity (Wildman–Crippen MR) is 98.9 cm³/mol. The molecule has 1 saturated heterocycles. The molecule has 136 valence electrons. The van der Waals surface area contributed by atoms with Gasteiger partial charge in [0.1, 0.15) is 18.6 Å². The molecule has 0 radical (unpaired) electrons. The van der Waals surface area contributed by atoms with Crippen molar-refractivity contribution in [2.45, 2.75) is 32.4 Å². The minimum atomic E-state index is 0.123. The zero-order valence-electron chi connectivity index (χ0n) is 15.1. The van der Waals surface area contributed by atoms with Gasteiger partial charge in [0.05, 0.1) is 19.7 Å². The van der Waals surface area contributed by atoms with Gasteiger partial charge in [-0.25, -0.2) is 0 Å². The molecule has 1 aromatic carbocycles. The fourth-order valence-electron chi connectivity index (χ4n) is 4.64. The fraction of sp³-hybridized carbons (Fsp3) is 0.429. The molecule has 2 bridgehead atoms. The maximum atomic E-state index is 12.2. The molecule has 0 aliphatic carbocycles. The van der Waals surface area contributed by atoms with E-state index in [1.54, 1.807) is 6.07 Å². The molecular formula is C21H25N2O3+. The SMILES string of the molecule is CCOc1ccc(C=O)cc1C[NH+]1CC2CC(C1)c1cccc(=O)n1C2. The molecule has 2 aliphatic rings. The number of nitrogens with one attached hydrogen (secondary N) is 1. The van der Waals surface area contributed by atoms with E-state index in [2.05, 4.69) is 6.07 Å². The smallest absolute Gasteiger partial charge is 0.250 e. The Labute approximate surface area is 153 Å². The summed E-state index contributed by atoms with van der Waals surface area (Å²) in [4.78, 5) is 24.8. The molecule has 2 aliphatic heterocycles. The van der Waals surface area contributed by atoms with E-state index in [0.29, 0.717) is 24.0 Å². The Hall–Kier alpha value is -2.40. The van der Waals surface area contributed by atoms with Crippen LogP contribution >= 0.6 is 0 Å². The number of aromatic nitrogens is 1. The minimum absolute atomic E-state index is 0.123. The first kappa shape index (κ1) is 17.0. The number of piperidine rings is 1. The zero-order chi connectivity index (χ0) is 18.1. The quantitative estimate of drug-likeness (QED) is 0.824. The van der Waals surface area contributed by atoms with E-state index in [9.17, 15) is 9.59 Å². The molecule has 1 aromatic heterocycles. The number of carbonyl (C=O) groups is 1. The highest BCUT2D eigenvalue weighted by Crippen LogP contribution is 2.30. The number of aldehydes is 1. The third-order valence-corrected chi connectivity index (χ3v) is 5.63. The Balaban J connectivity index is 1.58. The van der Waals surface area contributed by atoms with Crippen LogP contribution in [0.5, 0.6) is 5.75 Å². The van der Waals surface area contributed by atoms with Crippen LogP contribution in [0.3, 0.4) is 0 Å². The van der Waals surface area contributed by atoms with Gasteiger partial charge in [0.25, 0.3) is 5.56 Å². The summed E-state index contributed by atoms with van der Waals surface area (Å²) in [5.41, 5.74) is 3.09. The van der Waals surface area contributed by atoms with Gasteiger partial charge in [0, 0.05) is 41.3 Å². The number of benzene rings is 1. The second-order valence-corrected chi connectivity index (χ2v) is 7.45. The van der Waals surface area contributed by atoms with Crippen LogP contribution in [0.2, 0.25) is 0 Å². The number of ether oxygens (including phenoxy) is 1. The van der Waals surface area contributed by atoms with Crippen molar-refractivity contribution in [1.82, 2.24) is 4.57 Å². The van der Waals surface area contributed by atoms with Crippen LogP contribution < -0.4 is 15.2 Å². The van der Waals surface area contributed by atoms with Gasteiger partial charge < -0.3 is 14.2 Å². The van der Waals surface area contributed by atoms with Gasteiger partial charge in [-0.2, -0.15) is 0 Å². The van der Waals surface area contributed by atoms with E-state index >= 15 is 0 Å². The van der Waals surface area contributed by atoms with Crippen molar-refractivity contribution in [1.29, 1.82) is 0 Å². The Kier molecular flexibility index (Phi) is 4.64. The third kappa shape index (κ3) is 3.19. The number of rotatable bonds is 5. The largest absolute Gasteiger partial charge is 0.493 e. The number of nitrogens with zero attached hydrogens (tertiary/aromatic N) is 1. The van der Waals surface area contributed by atoms with Gasteiger partial charge in [-0.1, -0.05) is 6.07 Å². The van der Waals surface area contributed by atoms with E-state index in [1.807, 2.05) is 35.8 Å². The molecule has 1 N–H and O–H groups in total. The second kappa shape index (κ2) is 7.08. The summed E-state index contributed by atoms with van der Waals surface area (Å²) in [5.74, 6) is 1.83. The maximum absolute atomic E-state index is 12.2. The number of hydrogen-bond acceptors (Lipinski definition) is 3. The molecule has 0 spiro atoms. The Morgan fingerprint density at radius 1 is 1.27 bits per heavy atom. The summed E-state index contributed by atoms with van der Waals surface area (Å²) in [6.45, 7) is 6.32. The molecule has 2 aromatic rings. The number of likely N-dealkylation sites (tertiary alicyclic amines) is 1. The van der Waals surface area contributed by atoms with Gasteiger partial charge in [-0.05, 0) is 37.6 Å². The number of pyridine rings is 1. The van der Waals surface area contributed by atoms with Crippen molar-refractivity contribution < 1.29 is 14.4 Å². The summed E-state index contributed by atoms with van der Waals surface area (Å²) in [7, 11) is 0. The molecule has 1 fully saturated rings. The number of carbonyl (C=O) groups excluding carboxylic acids is 1. The fourth-order valence-corrected chi connectivity index (χ4v) is 4.64. The lowest BCUT2D eigenvalue weighted by Crippen LogP contribution is -3.13. The lowest BCUT2D eigenvalue weighted by molar-refractivity contribution is -0.924. The molecule has 5 nitrogen and oxygen atoms in total. The van der Waals surface area contributed by atoms with Gasteiger partial charge in [-0.15, -0.1) is 0 Å². The van der Waals surface area contributed by atoms with Crippen LogP contribution in [0.25, 0.3) is 0 Å². The topological polar surface area (TPSA) is 52.7 Å². The predicted octanol–water partition coefficient (Wildman–Crippen LogP) is 1.26. The first-order valence-corrected chi connectivity index (χ1v) is 9.42. The molecule has 3 unspecified atom stereocenters. The molecule has 5 heteroatoms. The van der Waals surface area contributed by atoms with Crippen molar-refractivity contribution in [2.24, 2.45) is 5.92 Å². The Bertz CT molecular complexity index is 874. The highest BCUT2D eigenvalue weighted by atomic mass is 16.5. The maximum Gasteiger partial charge on any atom is 0.250 e. The third-order valence-electron chi connectivity index (χ3n) is 5.63. The molecule has 4 rings (SSSR count). The standard InChI is InChI=1S/C21H24N2O3/c1-2-26-20-7-6-15(14-24)8-18(20)13-22-10-16-9-17(12-22)19-4-3-5-21(25)23(19)11-16/h3-8,14,16-17H,2,9-13H2,1H3/p+1. The molecular weight excluding hydrogens is 328 g/mol. The number of quaternary nitrogens is 1. The van der Waals surface area contributed by atoms with Crippen molar-refractivity contribution in [3.8, 4) is 5.75 Å². The molecule has 3 heterocycles. The summed E-state index contributed by atoms with van der Waals surface area (Å²) < 4.78 is 7.74. The zero-order valence-corrected chi connectivity index (χ0v) is 15.1. The van der Waals surface area contributed by atoms with E-state index in [1.165, 1.54) is 17.0 Å². The van der Waals surface area contributed by atoms with Crippen molar-refractivity contribution in [2.75, 3.05) is 19.7 Å².